The van der Waals surface area contributed by atoms with Gasteiger partial charge in [-0.3, -0.25) is 0 Å². The van der Waals surface area contributed by atoms with Crippen LogP contribution in [0.5, 0.6) is 0 Å². The summed E-state index contributed by atoms with van der Waals surface area (Å²) in [6.45, 7) is 5.77. The van der Waals surface area contributed by atoms with Crippen LogP contribution in [-0.4, -0.2) is 12.6 Å². The molecular weight excluding hydrogens is 298 g/mol. The first-order valence-corrected chi connectivity index (χ1v) is 7.57. The Morgan fingerprint density at radius 3 is 2.88 bits per heavy atom. The van der Waals surface area contributed by atoms with Crippen LogP contribution >= 0.6 is 27.5 Å². The SMILES string of the molecule is CC(C)C1CCCN1c1cc(Br)ccc1CCl. The Bertz CT molecular complexity index is 392. The van der Waals surface area contributed by atoms with Crippen molar-refractivity contribution < 1.29 is 0 Å². The Kier molecular flexibility index (Phi) is 4.37. The number of benzene rings is 1. The van der Waals surface area contributed by atoms with E-state index in [0.717, 1.165) is 11.0 Å². The van der Waals surface area contributed by atoms with Crippen molar-refractivity contribution in [3.63, 3.8) is 0 Å². The third-order valence-corrected chi connectivity index (χ3v) is 4.35. The average Bonchev–Trinajstić information content (AvgIpc) is 2.77. The quantitative estimate of drug-likeness (QED) is 0.723. The Morgan fingerprint density at radius 1 is 1.47 bits per heavy atom. The topological polar surface area (TPSA) is 3.24 Å². The van der Waals surface area contributed by atoms with Gasteiger partial charge in [0.2, 0.25) is 0 Å². The molecule has 1 nitrogen and oxygen atoms in total. The van der Waals surface area contributed by atoms with Crippen molar-refractivity contribution >= 4 is 33.2 Å². The number of halogens is 2. The van der Waals surface area contributed by atoms with E-state index in [1.807, 2.05) is 0 Å². The van der Waals surface area contributed by atoms with Crippen molar-refractivity contribution in [3.05, 3.63) is 28.2 Å². The summed E-state index contributed by atoms with van der Waals surface area (Å²) in [6.07, 6.45) is 2.59. The van der Waals surface area contributed by atoms with Gasteiger partial charge in [0.05, 0.1) is 0 Å². The number of hydrogen-bond donors (Lipinski definition) is 0. The van der Waals surface area contributed by atoms with Crippen LogP contribution in [-0.2, 0) is 5.88 Å². The van der Waals surface area contributed by atoms with E-state index in [-0.39, 0.29) is 0 Å². The molecule has 1 fully saturated rings. The number of anilines is 1. The molecule has 0 bridgehead atoms. The molecule has 94 valence electrons. The van der Waals surface area contributed by atoms with E-state index in [4.69, 9.17) is 11.6 Å². The van der Waals surface area contributed by atoms with Gasteiger partial charge in [-0.15, -0.1) is 11.6 Å². The van der Waals surface area contributed by atoms with Crippen LogP contribution in [0.1, 0.15) is 32.3 Å². The second-order valence-electron chi connectivity index (χ2n) is 5.05. The zero-order valence-electron chi connectivity index (χ0n) is 10.4. The molecule has 17 heavy (non-hydrogen) atoms. The maximum Gasteiger partial charge on any atom is 0.0494 e. The maximum absolute atomic E-state index is 6.05. The average molecular weight is 317 g/mol. The molecule has 0 saturated carbocycles. The first-order valence-electron chi connectivity index (χ1n) is 6.24. The van der Waals surface area contributed by atoms with E-state index < -0.39 is 0 Å². The first kappa shape index (κ1) is 13.2. The van der Waals surface area contributed by atoms with Crippen LogP contribution in [0.15, 0.2) is 22.7 Å². The smallest absolute Gasteiger partial charge is 0.0494 e. The maximum atomic E-state index is 6.05. The van der Waals surface area contributed by atoms with Crippen molar-refractivity contribution in [1.82, 2.24) is 0 Å². The fourth-order valence-corrected chi connectivity index (χ4v) is 3.28. The molecule has 0 aliphatic carbocycles. The third kappa shape index (κ3) is 2.79. The molecule has 1 aliphatic heterocycles. The minimum Gasteiger partial charge on any atom is -0.368 e. The van der Waals surface area contributed by atoms with Crippen molar-refractivity contribution in [2.45, 2.75) is 38.6 Å². The molecule has 0 amide bonds. The third-order valence-electron chi connectivity index (χ3n) is 3.57. The molecule has 0 aromatic heterocycles. The van der Waals surface area contributed by atoms with E-state index in [2.05, 4.69) is 52.9 Å². The molecule has 1 aromatic rings. The summed E-state index contributed by atoms with van der Waals surface area (Å²) in [5, 5.41) is 0. The van der Waals surface area contributed by atoms with Crippen LogP contribution in [0.2, 0.25) is 0 Å². The highest BCUT2D eigenvalue weighted by molar-refractivity contribution is 9.10. The highest BCUT2D eigenvalue weighted by Gasteiger charge is 2.28. The van der Waals surface area contributed by atoms with Gasteiger partial charge >= 0.3 is 0 Å². The number of rotatable bonds is 3. The van der Waals surface area contributed by atoms with Crippen molar-refractivity contribution in [2.75, 3.05) is 11.4 Å². The van der Waals surface area contributed by atoms with Crippen LogP contribution < -0.4 is 4.90 Å². The summed E-state index contributed by atoms with van der Waals surface area (Å²) in [4.78, 5) is 2.53. The highest BCUT2D eigenvalue weighted by atomic mass is 79.9. The molecule has 1 saturated heterocycles. The van der Waals surface area contributed by atoms with Gasteiger partial charge in [0.15, 0.2) is 0 Å². The van der Waals surface area contributed by atoms with E-state index >= 15 is 0 Å². The minimum absolute atomic E-state index is 0.587. The lowest BCUT2D eigenvalue weighted by atomic mass is 10.0. The molecule has 0 spiro atoms. The van der Waals surface area contributed by atoms with Gasteiger partial charge < -0.3 is 4.90 Å². The summed E-state index contributed by atoms with van der Waals surface area (Å²) in [5.41, 5.74) is 2.55. The lowest BCUT2D eigenvalue weighted by Crippen LogP contribution is -2.33. The zero-order valence-corrected chi connectivity index (χ0v) is 12.8. The molecule has 1 aliphatic rings. The van der Waals surface area contributed by atoms with Crippen molar-refractivity contribution in [3.8, 4) is 0 Å². The van der Waals surface area contributed by atoms with Gasteiger partial charge in [-0.2, -0.15) is 0 Å². The zero-order chi connectivity index (χ0) is 12.4. The summed E-state index contributed by atoms with van der Waals surface area (Å²) >= 11 is 9.61. The van der Waals surface area contributed by atoms with Gasteiger partial charge in [0, 0.05) is 28.6 Å². The van der Waals surface area contributed by atoms with Crippen LogP contribution in [0, 0.1) is 5.92 Å². The summed E-state index contributed by atoms with van der Waals surface area (Å²) < 4.78 is 1.13. The second kappa shape index (κ2) is 5.62. The molecule has 1 aromatic carbocycles. The van der Waals surface area contributed by atoms with Crippen LogP contribution in [0.3, 0.4) is 0 Å². The Balaban J connectivity index is 2.35. The number of nitrogens with zero attached hydrogens (tertiary/aromatic N) is 1. The molecule has 3 heteroatoms. The fourth-order valence-electron chi connectivity index (χ4n) is 2.70. The van der Waals surface area contributed by atoms with Gasteiger partial charge in [-0.05, 0) is 36.5 Å². The van der Waals surface area contributed by atoms with E-state index in [1.54, 1.807) is 0 Å². The molecular formula is C14H19BrClN. The van der Waals surface area contributed by atoms with Crippen molar-refractivity contribution in [1.29, 1.82) is 0 Å². The molecule has 1 unspecified atom stereocenters. The van der Waals surface area contributed by atoms with E-state index in [0.29, 0.717) is 17.8 Å². The van der Waals surface area contributed by atoms with Gasteiger partial charge in [-0.25, -0.2) is 0 Å². The largest absolute Gasteiger partial charge is 0.368 e. The predicted molar refractivity (Wildman–Crippen MR) is 78.9 cm³/mol. The molecule has 1 heterocycles. The lowest BCUT2D eigenvalue weighted by Gasteiger charge is -2.31. The normalized spacial score (nSPS) is 20.3. The standard InChI is InChI=1S/C14H19BrClN/c1-10(2)13-4-3-7-17(13)14-8-12(15)6-5-11(14)9-16/h5-6,8,10,13H,3-4,7,9H2,1-2H3. The predicted octanol–water partition coefficient (Wildman–Crippen LogP) is 4.81. The Morgan fingerprint density at radius 2 is 2.24 bits per heavy atom. The van der Waals surface area contributed by atoms with Gasteiger partial charge in [0.25, 0.3) is 0 Å². The Labute approximate surface area is 117 Å². The van der Waals surface area contributed by atoms with Crippen molar-refractivity contribution in [2.24, 2.45) is 5.92 Å². The summed E-state index contributed by atoms with van der Waals surface area (Å²) in [7, 11) is 0. The van der Waals surface area contributed by atoms with Gasteiger partial charge in [0.1, 0.15) is 0 Å². The van der Waals surface area contributed by atoms with Crippen LogP contribution in [0.4, 0.5) is 5.69 Å². The number of alkyl halides is 1. The van der Waals surface area contributed by atoms with Crippen LogP contribution in [0.25, 0.3) is 0 Å². The van der Waals surface area contributed by atoms with E-state index in [1.165, 1.54) is 24.1 Å². The minimum atomic E-state index is 0.587. The molecule has 2 rings (SSSR count). The van der Waals surface area contributed by atoms with Gasteiger partial charge in [-0.1, -0.05) is 35.8 Å². The summed E-state index contributed by atoms with van der Waals surface area (Å²) in [5.74, 6) is 1.28. The first-order chi connectivity index (χ1) is 8.13. The summed E-state index contributed by atoms with van der Waals surface area (Å²) in [6, 6.07) is 7.06. The lowest BCUT2D eigenvalue weighted by molar-refractivity contribution is 0.491. The van der Waals surface area contributed by atoms with E-state index in [9.17, 15) is 0 Å². The monoisotopic (exact) mass is 315 g/mol. The highest BCUT2D eigenvalue weighted by Crippen LogP contribution is 2.34. The molecule has 0 radical (unpaired) electrons. The second-order valence-corrected chi connectivity index (χ2v) is 6.24. The number of hydrogen-bond acceptors (Lipinski definition) is 1. The Hall–Kier alpha value is -0.210. The fraction of sp³-hybridized carbons (Fsp3) is 0.571. The molecule has 1 atom stereocenters. The molecule has 0 N–H and O–H groups in total.